The van der Waals surface area contributed by atoms with E-state index >= 15 is 0 Å². The lowest BCUT2D eigenvalue weighted by Gasteiger charge is -2.32. The number of carbonyl (C=O) groups excluding carboxylic acids is 2. The summed E-state index contributed by atoms with van der Waals surface area (Å²) in [5.74, 6) is -1.26. The van der Waals surface area contributed by atoms with Crippen molar-refractivity contribution in [3.8, 4) is 0 Å². The first-order valence-corrected chi connectivity index (χ1v) is 9.34. The zero-order chi connectivity index (χ0) is 20.8. The fourth-order valence-corrected chi connectivity index (χ4v) is 3.89. The van der Waals surface area contributed by atoms with Crippen LogP contribution >= 0.6 is 0 Å². The topological polar surface area (TPSA) is 68.8 Å². The van der Waals surface area contributed by atoms with Crippen LogP contribution in [-0.2, 0) is 17.5 Å². The summed E-state index contributed by atoms with van der Waals surface area (Å²) < 4.78 is 53.0. The van der Waals surface area contributed by atoms with Gasteiger partial charge in [0.05, 0.1) is 6.54 Å². The molecule has 4 rings (SSSR count). The van der Waals surface area contributed by atoms with E-state index in [2.05, 4.69) is 10.4 Å². The molecule has 3 aliphatic heterocycles. The van der Waals surface area contributed by atoms with Crippen molar-refractivity contribution in [3.63, 3.8) is 0 Å². The molecule has 0 spiro atoms. The predicted molar refractivity (Wildman–Crippen MR) is 92.0 cm³/mol. The lowest BCUT2D eigenvalue weighted by Crippen LogP contribution is -2.49. The normalized spacial score (nSPS) is 21.9. The Kier molecular flexibility index (Phi) is 4.83. The van der Waals surface area contributed by atoms with Crippen LogP contribution in [0.25, 0.3) is 0 Å². The van der Waals surface area contributed by atoms with Crippen LogP contribution < -0.4 is 5.43 Å². The lowest BCUT2D eigenvalue weighted by atomic mass is 10.0. The highest BCUT2D eigenvalue weighted by atomic mass is 19.4. The van der Waals surface area contributed by atoms with E-state index in [9.17, 15) is 27.2 Å². The smallest absolute Gasteiger partial charge is 0.341 e. The molecule has 0 radical (unpaired) electrons. The first kappa shape index (κ1) is 19.5. The van der Waals surface area contributed by atoms with Crippen LogP contribution in [0.3, 0.4) is 0 Å². The standard InChI is InChI=1S/C18H19F4N5O2/c19-14-11(6-7-23-15(14)18(20,21)22)10-26-17(29)27-12(4-3-5-13(27)24-26)16(28)25-8-1-2-9-25/h5-7,12,24H,1-4,8-10H2. The third kappa shape index (κ3) is 3.49. The molecule has 156 valence electrons. The molecule has 2 fully saturated rings. The number of likely N-dealkylation sites (tertiary alicyclic amines) is 1. The Morgan fingerprint density at radius 3 is 2.69 bits per heavy atom. The monoisotopic (exact) mass is 413 g/mol. The molecule has 3 aliphatic rings. The number of hydrogen-bond donors (Lipinski definition) is 1. The summed E-state index contributed by atoms with van der Waals surface area (Å²) in [6.07, 6.45) is 0.540. The van der Waals surface area contributed by atoms with E-state index in [1.807, 2.05) is 0 Å². The summed E-state index contributed by atoms with van der Waals surface area (Å²) in [6.45, 7) is 0.862. The van der Waals surface area contributed by atoms with E-state index in [0.717, 1.165) is 30.1 Å². The highest BCUT2D eigenvalue weighted by molar-refractivity contribution is 5.89. The number of rotatable bonds is 3. The van der Waals surface area contributed by atoms with Gasteiger partial charge in [0.15, 0.2) is 11.5 Å². The van der Waals surface area contributed by atoms with Gasteiger partial charge in [-0.2, -0.15) is 13.2 Å². The number of allylic oxidation sites excluding steroid dienone is 1. The molecule has 3 amide bonds. The SMILES string of the molecule is O=C(C1CCC=C2NN(Cc3ccnc(C(F)(F)F)c3F)C(=O)N21)N1CCCC1. The molecule has 1 unspecified atom stereocenters. The number of nitrogens with zero attached hydrogens (tertiary/aromatic N) is 4. The number of fused-ring (bicyclic) bond motifs is 1. The molecule has 1 aromatic heterocycles. The molecule has 0 saturated carbocycles. The van der Waals surface area contributed by atoms with Gasteiger partial charge in [-0.15, -0.1) is 0 Å². The number of nitrogens with one attached hydrogen (secondary N) is 1. The van der Waals surface area contributed by atoms with Gasteiger partial charge in [-0.05, 0) is 37.8 Å². The van der Waals surface area contributed by atoms with Gasteiger partial charge in [-0.25, -0.2) is 19.2 Å². The molecule has 1 aromatic rings. The zero-order valence-electron chi connectivity index (χ0n) is 15.4. The van der Waals surface area contributed by atoms with Crippen LogP contribution in [0.15, 0.2) is 24.2 Å². The second-order valence-corrected chi connectivity index (χ2v) is 7.20. The second kappa shape index (κ2) is 7.20. The van der Waals surface area contributed by atoms with E-state index in [0.29, 0.717) is 31.8 Å². The van der Waals surface area contributed by atoms with Gasteiger partial charge in [0.1, 0.15) is 11.9 Å². The summed E-state index contributed by atoms with van der Waals surface area (Å²) in [5, 5.41) is 1.01. The summed E-state index contributed by atoms with van der Waals surface area (Å²) in [5.41, 5.74) is 0.836. The molecule has 1 N–H and O–H groups in total. The summed E-state index contributed by atoms with van der Waals surface area (Å²) in [6, 6.07) is -0.178. The van der Waals surface area contributed by atoms with E-state index in [-0.39, 0.29) is 11.5 Å². The van der Waals surface area contributed by atoms with Gasteiger partial charge in [0, 0.05) is 24.8 Å². The van der Waals surface area contributed by atoms with Crippen molar-refractivity contribution < 1.29 is 27.2 Å². The number of hydrogen-bond acceptors (Lipinski definition) is 4. The Morgan fingerprint density at radius 1 is 1.28 bits per heavy atom. The summed E-state index contributed by atoms with van der Waals surface area (Å²) in [7, 11) is 0. The first-order chi connectivity index (χ1) is 13.8. The number of aromatic nitrogens is 1. The molecule has 1 atom stereocenters. The molecule has 2 saturated heterocycles. The van der Waals surface area contributed by atoms with E-state index < -0.39 is 36.3 Å². The Labute approximate surface area is 163 Å². The molecule has 11 heteroatoms. The van der Waals surface area contributed by atoms with Crippen LogP contribution in [0.4, 0.5) is 22.4 Å². The Bertz CT molecular complexity index is 866. The van der Waals surface area contributed by atoms with Crippen molar-refractivity contribution in [2.75, 3.05) is 13.1 Å². The number of carbonyl (C=O) groups is 2. The molecular formula is C18H19F4N5O2. The van der Waals surface area contributed by atoms with Crippen LogP contribution in [0, 0.1) is 5.82 Å². The van der Waals surface area contributed by atoms with Crippen molar-refractivity contribution in [1.82, 2.24) is 25.2 Å². The quantitative estimate of drug-likeness (QED) is 0.774. The van der Waals surface area contributed by atoms with Gasteiger partial charge in [0.2, 0.25) is 5.91 Å². The third-order valence-corrected chi connectivity index (χ3v) is 5.30. The van der Waals surface area contributed by atoms with Gasteiger partial charge in [-0.3, -0.25) is 15.1 Å². The maximum Gasteiger partial charge on any atom is 0.436 e. The second-order valence-electron chi connectivity index (χ2n) is 7.20. The fraction of sp³-hybridized carbons (Fsp3) is 0.500. The summed E-state index contributed by atoms with van der Waals surface area (Å²) >= 11 is 0. The average Bonchev–Trinajstić information content (AvgIpc) is 3.31. The molecular weight excluding hydrogens is 394 g/mol. The lowest BCUT2D eigenvalue weighted by molar-refractivity contribution is -0.143. The van der Waals surface area contributed by atoms with Crippen LogP contribution in [0.2, 0.25) is 0 Å². The Balaban J connectivity index is 1.55. The van der Waals surface area contributed by atoms with Gasteiger partial charge >= 0.3 is 12.2 Å². The minimum Gasteiger partial charge on any atom is -0.341 e. The minimum absolute atomic E-state index is 0.139. The first-order valence-electron chi connectivity index (χ1n) is 9.34. The molecule has 0 aromatic carbocycles. The van der Waals surface area contributed by atoms with E-state index in [1.165, 1.54) is 4.90 Å². The van der Waals surface area contributed by atoms with Crippen molar-refractivity contribution in [2.45, 2.75) is 44.4 Å². The van der Waals surface area contributed by atoms with Crippen LogP contribution in [0.5, 0.6) is 0 Å². The van der Waals surface area contributed by atoms with Crippen molar-refractivity contribution in [3.05, 3.63) is 41.2 Å². The molecule has 4 heterocycles. The van der Waals surface area contributed by atoms with Gasteiger partial charge < -0.3 is 4.90 Å². The van der Waals surface area contributed by atoms with E-state index in [1.54, 1.807) is 11.0 Å². The molecule has 0 bridgehead atoms. The Hall–Kier alpha value is -2.85. The average molecular weight is 413 g/mol. The van der Waals surface area contributed by atoms with Crippen LogP contribution in [-0.4, -0.2) is 50.9 Å². The maximum absolute atomic E-state index is 14.3. The Morgan fingerprint density at radius 2 is 2.00 bits per heavy atom. The number of amides is 3. The summed E-state index contributed by atoms with van der Waals surface area (Å²) in [4.78, 5) is 31.8. The van der Waals surface area contributed by atoms with Crippen molar-refractivity contribution in [2.24, 2.45) is 0 Å². The number of urea groups is 1. The number of pyridine rings is 1. The van der Waals surface area contributed by atoms with Crippen molar-refractivity contribution in [1.29, 1.82) is 0 Å². The molecule has 7 nitrogen and oxygen atoms in total. The number of halogens is 4. The largest absolute Gasteiger partial charge is 0.436 e. The maximum atomic E-state index is 14.3. The highest BCUT2D eigenvalue weighted by Crippen LogP contribution is 2.32. The minimum atomic E-state index is -4.93. The van der Waals surface area contributed by atoms with E-state index in [4.69, 9.17) is 0 Å². The highest BCUT2D eigenvalue weighted by Gasteiger charge is 2.44. The van der Waals surface area contributed by atoms with Crippen LogP contribution in [0.1, 0.15) is 36.9 Å². The zero-order valence-corrected chi connectivity index (χ0v) is 15.4. The fourth-order valence-electron chi connectivity index (χ4n) is 3.89. The van der Waals surface area contributed by atoms with Gasteiger partial charge in [0.25, 0.3) is 0 Å². The van der Waals surface area contributed by atoms with Crippen molar-refractivity contribution >= 4 is 11.9 Å². The number of hydrazine groups is 1. The predicted octanol–water partition coefficient (Wildman–Crippen LogP) is 2.61. The third-order valence-electron chi connectivity index (χ3n) is 5.30. The van der Waals surface area contributed by atoms with Gasteiger partial charge in [-0.1, -0.05) is 0 Å². The molecule has 29 heavy (non-hydrogen) atoms. The number of alkyl halides is 3. The molecule has 0 aliphatic carbocycles.